The van der Waals surface area contributed by atoms with E-state index in [4.69, 9.17) is 0 Å². The first-order valence-electron chi connectivity index (χ1n) is 8.42. The molecule has 0 bridgehead atoms. The Labute approximate surface area is 155 Å². The molecular weight excluding hydrogens is 344 g/mol. The summed E-state index contributed by atoms with van der Waals surface area (Å²) >= 11 is 1.58. The van der Waals surface area contributed by atoms with E-state index in [-0.39, 0.29) is 11.9 Å². The molecule has 1 fully saturated rings. The highest BCUT2D eigenvalue weighted by atomic mass is 32.1. The molecule has 1 amide bonds. The van der Waals surface area contributed by atoms with Gasteiger partial charge in [0.1, 0.15) is 5.70 Å². The number of fused-ring (bicyclic) bond motifs is 1. The lowest BCUT2D eigenvalue weighted by molar-refractivity contribution is -0.115. The molecule has 2 N–H and O–H groups in total. The van der Waals surface area contributed by atoms with Gasteiger partial charge in [-0.15, -0.1) is 11.3 Å². The van der Waals surface area contributed by atoms with Gasteiger partial charge in [-0.3, -0.25) is 10.1 Å². The van der Waals surface area contributed by atoms with Gasteiger partial charge in [0.05, 0.1) is 21.8 Å². The number of guanidine groups is 1. The zero-order valence-electron chi connectivity index (χ0n) is 14.3. The van der Waals surface area contributed by atoms with Gasteiger partial charge in [0.2, 0.25) is 5.96 Å². The highest BCUT2D eigenvalue weighted by Crippen LogP contribution is 2.20. The first-order chi connectivity index (χ1) is 12.7. The van der Waals surface area contributed by atoms with E-state index >= 15 is 0 Å². The lowest BCUT2D eigenvalue weighted by atomic mass is 10.1. The Morgan fingerprint density at radius 3 is 2.88 bits per heavy atom. The molecule has 2 aromatic carbocycles. The number of amides is 1. The molecule has 1 aromatic heterocycles. The minimum atomic E-state index is -0.167. The Balaban J connectivity index is 1.49. The van der Waals surface area contributed by atoms with Gasteiger partial charge in [-0.1, -0.05) is 36.4 Å². The number of aromatic nitrogens is 1. The number of hydrogen-bond acceptors (Lipinski definition) is 4. The van der Waals surface area contributed by atoms with Crippen molar-refractivity contribution in [3.63, 3.8) is 0 Å². The molecular formula is C20H18N4OS. The van der Waals surface area contributed by atoms with Crippen molar-refractivity contribution < 1.29 is 4.79 Å². The number of carbonyl (C=O) groups is 1. The van der Waals surface area contributed by atoms with Crippen LogP contribution in [0, 0.1) is 0 Å². The summed E-state index contributed by atoms with van der Waals surface area (Å²) in [6, 6.07) is 16.2. The number of hydrogen-bond donors (Lipinski definition) is 2. The predicted molar refractivity (Wildman–Crippen MR) is 106 cm³/mol. The predicted octanol–water partition coefficient (Wildman–Crippen LogP) is 3.34. The zero-order chi connectivity index (χ0) is 17.9. The van der Waals surface area contributed by atoms with E-state index in [1.54, 1.807) is 11.3 Å². The van der Waals surface area contributed by atoms with Crippen LogP contribution < -0.4 is 10.6 Å². The van der Waals surface area contributed by atoms with Crippen molar-refractivity contribution >= 4 is 39.5 Å². The summed E-state index contributed by atoms with van der Waals surface area (Å²) in [5, 5.41) is 5.88. The van der Waals surface area contributed by atoms with Gasteiger partial charge < -0.3 is 5.32 Å². The van der Waals surface area contributed by atoms with E-state index < -0.39 is 0 Å². The second-order valence-corrected chi connectivity index (χ2v) is 7.12. The fourth-order valence-corrected chi connectivity index (χ4v) is 3.63. The SMILES string of the molecule is C[C@@H](Cc1ccccc1)N=C1NC(=O)/C(=C/c2ccc3ncsc3c2)N1. The Morgan fingerprint density at radius 2 is 2.04 bits per heavy atom. The fraction of sp³-hybridized carbons (Fsp3) is 0.150. The van der Waals surface area contributed by atoms with Crippen LogP contribution in [0.3, 0.4) is 0 Å². The molecule has 6 heteroatoms. The second-order valence-electron chi connectivity index (χ2n) is 6.23. The molecule has 1 aliphatic heterocycles. The van der Waals surface area contributed by atoms with Crippen molar-refractivity contribution in [2.75, 3.05) is 0 Å². The molecule has 0 unspecified atom stereocenters. The molecule has 5 nitrogen and oxygen atoms in total. The molecule has 1 saturated heterocycles. The number of rotatable bonds is 4. The molecule has 3 aromatic rings. The van der Waals surface area contributed by atoms with Crippen LogP contribution in [-0.4, -0.2) is 22.9 Å². The van der Waals surface area contributed by atoms with Gasteiger partial charge in [-0.2, -0.15) is 0 Å². The van der Waals surface area contributed by atoms with Crippen LogP contribution in [0.2, 0.25) is 0 Å². The third kappa shape index (κ3) is 3.65. The second kappa shape index (κ2) is 7.09. The van der Waals surface area contributed by atoms with Crippen LogP contribution in [0.1, 0.15) is 18.1 Å². The zero-order valence-corrected chi connectivity index (χ0v) is 15.1. The summed E-state index contributed by atoms with van der Waals surface area (Å²) in [7, 11) is 0. The van der Waals surface area contributed by atoms with Gasteiger partial charge in [-0.05, 0) is 42.7 Å². The normalized spacial score (nSPS) is 18.3. The number of thiazole rings is 1. The molecule has 1 aliphatic rings. The summed E-state index contributed by atoms with van der Waals surface area (Å²) in [5.41, 5.74) is 5.47. The van der Waals surface area contributed by atoms with E-state index in [9.17, 15) is 4.79 Å². The first kappa shape index (κ1) is 16.5. The van der Waals surface area contributed by atoms with E-state index in [0.29, 0.717) is 11.7 Å². The summed E-state index contributed by atoms with van der Waals surface area (Å²) in [6.45, 7) is 2.03. The van der Waals surface area contributed by atoms with Crippen LogP contribution in [-0.2, 0) is 11.2 Å². The maximum absolute atomic E-state index is 12.2. The maximum atomic E-state index is 12.2. The number of benzene rings is 2. The van der Waals surface area contributed by atoms with Crippen molar-refractivity contribution in [1.29, 1.82) is 0 Å². The molecule has 0 saturated carbocycles. The number of nitrogens with one attached hydrogen (secondary N) is 2. The minimum absolute atomic E-state index is 0.0630. The van der Waals surface area contributed by atoms with Crippen molar-refractivity contribution in [1.82, 2.24) is 15.6 Å². The van der Waals surface area contributed by atoms with Gasteiger partial charge >= 0.3 is 0 Å². The smallest absolute Gasteiger partial charge is 0.274 e. The van der Waals surface area contributed by atoms with Crippen molar-refractivity contribution in [3.8, 4) is 0 Å². The van der Waals surface area contributed by atoms with Crippen LogP contribution in [0.25, 0.3) is 16.3 Å². The van der Waals surface area contributed by atoms with Crippen LogP contribution in [0.4, 0.5) is 0 Å². The standard InChI is InChI=1S/C20H18N4OS/c1-13(9-14-5-3-2-4-6-14)22-20-23-17(19(25)24-20)10-15-7-8-16-18(11-15)26-12-21-16/h2-8,10-13H,9H2,1H3,(H2,22,23,24,25)/b17-10-/t13-/m0/s1. The first-order valence-corrected chi connectivity index (χ1v) is 9.30. The van der Waals surface area contributed by atoms with E-state index in [2.05, 4.69) is 32.7 Å². The number of carbonyl (C=O) groups excluding carboxylic acids is 1. The van der Waals surface area contributed by atoms with Gasteiger partial charge in [0, 0.05) is 0 Å². The summed E-state index contributed by atoms with van der Waals surface area (Å²) in [4.78, 5) is 21.1. The van der Waals surface area contributed by atoms with Crippen molar-refractivity contribution in [3.05, 3.63) is 70.9 Å². The van der Waals surface area contributed by atoms with E-state index in [1.165, 1.54) is 5.56 Å². The Morgan fingerprint density at radius 1 is 1.19 bits per heavy atom. The molecule has 4 rings (SSSR count). The molecule has 0 spiro atoms. The monoisotopic (exact) mass is 362 g/mol. The Bertz CT molecular complexity index is 1010. The third-order valence-corrected chi connectivity index (χ3v) is 4.91. The minimum Gasteiger partial charge on any atom is -0.321 e. The van der Waals surface area contributed by atoms with E-state index in [0.717, 1.165) is 22.2 Å². The summed E-state index contributed by atoms with van der Waals surface area (Å²) < 4.78 is 1.10. The maximum Gasteiger partial charge on any atom is 0.274 e. The summed E-state index contributed by atoms with van der Waals surface area (Å²) in [6.07, 6.45) is 2.65. The largest absolute Gasteiger partial charge is 0.321 e. The van der Waals surface area contributed by atoms with Gasteiger partial charge in [0.25, 0.3) is 5.91 Å². The molecule has 0 radical (unpaired) electrons. The third-order valence-electron chi connectivity index (χ3n) is 4.12. The molecule has 26 heavy (non-hydrogen) atoms. The highest BCUT2D eigenvalue weighted by Gasteiger charge is 2.22. The average Bonchev–Trinajstić information content (AvgIpc) is 3.22. The lowest BCUT2D eigenvalue weighted by Gasteiger charge is -2.07. The average molecular weight is 362 g/mol. The Hall–Kier alpha value is -2.99. The van der Waals surface area contributed by atoms with Crippen LogP contribution in [0.5, 0.6) is 0 Å². The molecule has 130 valence electrons. The number of nitrogens with zero attached hydrogens (tertiary/aromatic N) is 2. The molecule has 2 heterocycles. The van der Waals surface area contributed by atoms with Crippen molar-refractivity contribution in [2.24, 2.45) is 4.99 Å². The molecule has 0 aliphatic carbocycles. The fourth-order valence-electron chi connectivity index (χ4n) is 2.91. The number of aliphatic imine (C=N–C) groups is 1. The highest BCUT2D eigenvalue weighted by molar-refractivity contribution is 7.16. The summed E-state index contributed by atoms with van der Waals surface area (Å²) in [5.74, 6) is 0.337. The van der Waals surface area contributed by atoms with Crippen molar-refractivity contribution in [2.45, 2.75) is 19.4 Å². The van der Waals surface area contributed by atoms with Crippen LogP contribution >= 0.6 is 11.3 Å². The lowest BCUT2D eigenvalue weighted by Crippen LogP contribution is -2.27. The quantitative estimate of drug-likeness (QED) is 0.700. The topological polar surface area (TPSA) is 66.4 Å². The van der Waals surface area contributed by atoms with Gasteiger partial charge in [0.15, 0.2) is 0 Å². The van der Waals surface area contributed by atoms with E-state index in [1.807, 2.05) is 54.9 Å². The Kier molecular flexibility index (Phi) is 4.50. The van der Waals surface area contributed by atoms with Gasteiger partial charge in [-0.25, -0.2) is 9.98 Å². The van der Waals surface area contributed by atoms with Crippen LogP contribution in [0.15, 0.2) is 64.7 Å². The molecule has 1 atom stereocenters.